The summed E-state index contributed by atoms with van der Waals surface area (Å²) in [5.41, 5.74) is 3.16. The standard InChI is InChI=1S/C19H21BrN2O2/c1-4-17(14-7-9-16(20)10-8-14)22-19(24)15-6-5-12(2)18(11-15)21-13(3)23/h5-11,17H,4H2,1-3H3,(H,21,23)(H,22,24). The molecule has 1 atom stereocenters. The van der Waals surface area contributed by atoms with E-state index in [0.29, 0.717) is 11.3 Å². The first-order chi connectivity index (χ1) is 11.4. The molecule has 0 aliphatic heterocycles. The maximum atomic E-state index is 12.6. The zero-order chi connectivity index (χ0) is 17.7. The minimum Gasteiger partial charge on any atom is -0.345 e. The molecule has 0 saturated heterocycles. The van der Waals surface area contributed by atoms with Gasteiger partial charge in [0.2, 0.25) is 5.91 Å². The number of hydrogen-bond acceptors (Lipinski definition) is 2. The number of rotatable bonds is 5. The fourth-order valence-corrected chi connectivity index (χ4v) is 2.71. The quantitative estimate of drug-likeness (QED) is 0.786. The molecule has 0 heterocycles. The highest BCUT2D eigenvalue weighted by Gasteiger charge is 2.15. The third-order valence-electron chi connectivity index (χ3n) is 3.80. The molecule has 5 heteroatoms. The lowest BCUT2D eigenvalue weighted by Gasteiger charge is -2.18. The van der Waals surface area contributed by atoms with E-state index < -0.39 is 0 Å². The highest BCUT2D eigenvalue weighted by molar-refractivity contribution is 9.10. The second-order valence-electron chi connectivity index (χ2n) is 5.70. The van der Waals surface area contributed by atoms with Gasteiger partial charge in [0, 0.05) is 22.6 Å². The zero-order valence-electron chi connectivity index (χ0n) is 14.0. The molecule has 4 nitrogen and oxygen atoms in total. The van der Waals surface area contributed by atoms with Crippen LogP contribution in [-0.4, -0.2) is 11.8 Å². The second-order valence-corrected chi connectivity index (χ2v) is 6.61. The molecule has 126 valence electrons. The zero-order valence-corrected chi connectivity index (χ0v) is 15.6. The van der Waals surface area contributed by atoms with Crippen molar-refractivity contribution in [2.24, 2.45) is 0 Å². The van der Waals surface area contributed by atoms with Crippen LogP contribution in [-0.2, 0) is 4.79 Å². The highest BCUT2D eigenvalue weighted by atomic mass is 79.9. The average Bonchev–Trinajstić information content (AvgIpc) is 2.55. The van der Waals surface area contributed by atoms with Crippen LogP contribution >= 0.6 is 15.9 Å². The summed E-state index contributed by atoms with van der Waals surface area (Å²) in [7, 11) is 0. The van der Waals surface area contributed by atoms with Crippen LogP contribution in [0, 0.1) is 6.92 Å². The molecule has 2 aromatic carbocycles. The summed E-state index contributed by atoms with van der Waals surface area (Å²) in [6, 6.07) is 13.2. The molecule has 24 heavy (non-hydrogen) atoms. The smallest absolute Gasteiger partial charge is 0.251 e. The lowest BCUT2D eigenvalue weighted by Crippen LogP contribution is -2.28. The Morgan fingerprint density at radius 1 is 1.12 bits per heavy atom. The monoisotopic (exact) mass is 388 g/mol. The first-order valence-electron chi connectivity index (χ1n) is 7.85. The molecule has 0 aliphatic carbocycles. The third-order valence-corrected chi connectivity index (χ3v) is 4.33. The van der Waals surface area contributed by atoms with Gasteiger partial charge in [-0.15, -0.1) is 0 Å². The Bertz CT molecular complexity index is 742. The van der Waals surface area contributed by atoms with Crippen LogP contribution in [0.3, 0.4) is 0 Å². The number of amides is 2. The predicted molar refractivity (Wildman–Crippen MR) is 100 cm³/mol. The Balaban J connectivity index is 2.18. The summed E-state index contributed by atoms with van der Waals surface area (Å²) in [4.78, 5) is 23.8. The molecule has 2 amide bonds. The van der Waals surface area contributed by atoms with Gasteiger partial charge in [-0.25, -0.2) is 0 Å². The van der Waals surface area contributed by atoms with Gasteiger partial charge in [-0.05, 0) is 48.7 Å². The topological polar surface area (TPSA) is 58.2 Å². The molecule has 0 fully saturated rings. The second kappa shape index (κ2) is 8.11. The number of aryl methyl sites for hydroxylation is 1. The summed E-state index contributed by atoms with van der Waals surface area (Å²) >= 11 is 3.42. The van der Waals surface area contributed by atoms with Gasteiger partial charge in [-0.2, -0.15) is 0 Å². The van der Waals surface area contributed by atoms with Crippen molar-refractivity contribution >= 4 is 33.4 Å². The first kappa shape index (κ1) is 18.2. The molecule has 1 unspecified atom stereocenters. The minimum atomic E-state index is -0.156. The number of carbonyl (C=O) groups is 2. The van der Waals surface area contributed by atoms with Gasteiger partial charge in [0.05, 0.1) is 6.04 Å². The van der Waals surface area contributed by atoms with Gasteiger partial charge in [-0.3, -0.25) is 9.59 Å². The molecule has 0 spiro atoms. The number of halogens is 1. The van der Waals surface area contributed by atoms with Crippen molar-refractivity contribution in [3.63, 3.8) is 0 Å². The molecule has 2 N–H and O–H groups in total. The van der Waals surface area contributed by atoms with Crippen LogP contribution in [0.1, 0.15) is 47.8 Å². The highest BCUT2D eigenvalue weighted by Crippen LogP contribution is 2.21. The Morgan fingerprint density at radius 2 is 1.79 bits per heavy atom. The molecular weight excluding hydrogens is 368 g/mol. The molecule has 0 bridgehead atoms. The van der Waals surface area contributed by atoms with Gasteiger partial charge in [0.1, 0.15) is 0 Å². The largest absolute Gasteiger partial charge is 0.345 e. The molecule has 0 aliphatic rings. The van der Waals surface area contributed by atoms with E-state index in [-0.39, 0.29) is 17.9 Å². The Labute approximate surface area is 150 Å². The van der Waals surface area contributed by atoms with Gasteiger partial charge in [-0.1, -0.05) is 41.1 Å². The SMILES string of the molecule is CCC(NC(=O)c1ccc(C)c(NC(C)=O)c1)c1ccc(Br)cc1. The van der Waals surface area contributed by atoms with Crippen molar-refractivity contribution in [2.75, 3.05) is 5.32 Å². The van der Waals surface area contributed by atoms with E-state index in [1.54, 1.807) is 12.1 Å². The average molecular weight is 389 g/mol. The van der Waals surface area contributed by atoms with Crippen molar-refractivity contribution in [3.05, 3.63) is 63.6 Å². The number of anilines is 1. The van der Waals surface area contributed by atoms with E-state index in [9.17, 15) is 9.59 Å². The van der Waals surface area contributed by atoms with Crippen molar-refractivity contribution in [1.82, 2.24) is 5.32 Å². The van der Waals surface area contributed by atoms with Crippen molar-refractivity contribution in [1.29, 1.82) is 0 Å². The summed E-state index contributed by atoms with van der Waals surface area (Å²) in [6.45, 7) is 5.38. The Kier molecular flexibility index (Phi) is 6.15. The number of nitrogens with one attached hydrogen (secondary N) is 2. The Hall–Kier alpha value is -2.14. The maximum Gasteiger partial charge on any atom is 0.251 e. The fraction of sp³-hybridized carbons (Fsp3) is 0.263. The van der Waals surface area contributed by atoms with E-state index in [2.05, 4.69) is 26.6 Å². The number of carbonyl (C=O) groups excluding carboxylic acids is 2. The summed E-state index contributed by atoms with van der Waals surface area (Å²) in [5, 5.41) is 5.80. The normalized spacial score (nSPS) is 11.7. The van der Waals surface area contributed by atoms with Crippen LogP contribution in [0.2, 0.25) is 0 Å². The van der Waals surface area contributed by atoms with E-state index in [4.69, 9.17) is 0 Å². The number of hydrogen-bond donors (Lipinski definition) is 2. The fourth-order valence-electron chi connectivity index (χ4n) is 2.45. The van der Waals surface area contributed by atoms with Crippen molar-refractivity contribution < 1.29 is 9.59 Å². The molecule has 2 aromatic rings. The van der Waals surface area contributed by atoms with Crippen LogP contribution in [0.5, 0.6) is 0 Å². The van der Waals surface area contributed by atoms with Crippen molar-refractivity contribution in [2.45, 2.75) is 33.2 Å². The molecular formula is C19H21BrN2O2. The van der Waals surface area contributed by atoms with Gasteiger partial charge in [0.15, 0.2) is 0 Å². The number of benzene rings is 2. The van der Waals surface area contributed by atoms with Crippen LogP contribution in [0.15, 0.2) is 46.9 Å². The summed E-state index contributed by atoms with van der Waals surface area (Å²) < 4.78 is 1.01. The minimum absolute atomic E-state index is 0.0591. The predicted octanol–water partition coefficient (Wildman–Crippen LogP) is 4.60. The van der Waals surface area contributed by atoms with Gasteiger partial charge in [0.25, 0.3) is 5.91 Å². The Morgan fingerprint density at radius 3 is 2.38 bits per heavy atom. The lowest BCUT2D eigenvalue weighted by atomic mass is 10.0. The lowest BCUT2D eigenvalue weighted by molar-refractivity contribution is -0.114. The summed E-state index contributed by atoms with van der Waals surface area (Å²) in [5.74, 6) is -0.312. The third kappa shape index (κ3) is 4.68. The summed E-state index contributed by atoms with van der Waals surface area (Å²) in [6.07, 6.45) is 0.789. The van der Waals surface area contributed by atoms with E-state index in [1.165, 1.54) is 6.92 Å². The van der Waals surface area contributed by atoms with Gasteiger partial charge < -0.3 is 10.6 Å². The molecule has 0 saturated carbocycles. The van der Waals surface area contributed by atoms with Crippen LogP contribution < -0.4 is 10.6 Å². The molecule has 2 rings (SSSR count). The first-order valence-corrected chi connectivity index (χ1v) is 8.64. The maximum absolute atomic E-state index is 12.6. The molecule has 0 radical (unpaired) electrons. The van der Waals surface area contributed by atoms with E-state index in [1.807, 2.05) is 44.2 Å². The van der Waals surface area contributed by atoms with E-state index in [0.717, 1.165) is 22.0 Å². The van der Waals surface area contributed by atoms with Crippen molar-refractivity contribution in [3.8, 4) is 0 Å². The van der Waals surface area contributed by atoms with Crippen LogP contribution in [0.4, 0.5) is 5.69 Å². The van der Waals surface area contributed by atoms with E-state index >= 15 is 0 Å². The molecule has 0 aromatic heterocycles. The van der Waals surface area contributed by atoms with Crippen LogP contribution in [0.25, 0.3) is 0 Å². The van der Waals surface area contributed by atoms with Gasteiger partial charge >= 0.3 is 0 Å².